The highest BCUT2D eigenvalue weighted by atomic mass is 79.9. The van der Waals surface area contributed by atoms with Crippen LogP contribution in [-0.2, 0) is 11.2 Å². The Kier molecular flexibility index (Phi) is 3.54. The SMILES string of the molecule is O=C1Cc2cc(C(O)c3cc(Cl)cc(Br)c3)ccc2N1. The van der Waals surface area contributed by atoms with E-state index in [4.69, 9.17) is 11.6 Å². The highest BCUT2D eigenvalue weighted by molar-refractivity contribution is 9.10. The van der Waals surface area contributed by atoms with Crippen molar-refractivity contribution in [2.45, 2.75) is 12.5 Å². The van der Waals surface area contributed by atoms with Crippen molar-refractivity contribution in [1.82, 2.24) is 0 Å². The minimum Gasteiger partial charge on any atom is -0.384 e. The van der Waals surface area contributed by atoms with Crippen LogP contribution >= 0.6 is 27.5 Å². The van der Waals surface area contributed by atoms with Crippen LogP contribution in [0.15, 0.2) is 40.9 Å². The summed E-state index contributed by atoms with van der Waals surface area (Å²) in [4.78, 5) is 11.3. The largest absolute Gasteiger partial charge is 0.384 e. The first-order chi connectivity index (χ1) is 9.52. The fraction of sp³-hybridized carbons (Fsp3) is 0.133. The van der Waals surface area contributed by atoms with Gasteiger partial charge in [0.25, 0.3) is 0 Å². The Labute approximate surface area is 129 Å². The maximum atomic E-state index is 11.3. The van der Waals surface area contributed by atoms with Crippen molar-refractivity contribution >= 4 is 39.1 Å². The molecule has 0 bridgehead atoms. The molecule has 0 aromatic heterocycles. The zero-order valence-corrected chi connectivity index (χ0v) is 12.7. The second-order valence-corrected chi connectivity index (χ2v) is 6.10. The van der Waals surface area contributed by atoms with Gasteiger partial charge in [-0.15, -0.1) is 0 Å². The van der Waals surface area contributed by atoms with Crippen LogP contribution in [0.25, 0.3) is 0 Å². The average Bonchev–Trinajstić information content (AvgIpc) is 2.75. The van der Waals surface area contributed by atoms with Crippen LogP contribution in [0.4, 0.5) is 5.69 Å². The molecule has 0 spiro atoms. The van der Waals surface area contributed by atoms with Crippen LogP contribution < -0.4 is 5.32 Å². The molecule has 1 atom stereocenters. The summed E-state index contributed by atoms with van der Waals surface area (Å²) in [5.41, 5.74) is 3.18. The van der Waals surface area contributed by atoms with E-state index in [2.05, 4.69) is 21.2 Å². The molecule has 1 unspecified atom stereocenters. The number of rotatable bonds is 2. The molecule has 2 aromatic rings. The maximum Gasteiger partial charge on any atom is 0.228 e. The molecule has 1 aliphatic rings. The summed E-state index contributed by atoms with van der Waals surface area (Å²) in [5, 5.41) is 13.8. The molecule has 1 amide bonds. The standard InChI is InChI=1S/C15H11BrClNO2/c16-11-4-10(5-12(17)7-11)15(20)8-1-2-13-9(3-8)6-14(19)18-13/h1-5,7,15,20H,6H2,(H,18,19). The molecule has 102 valence electrons. The lowest BCUT2D eigenvalue weighted by Crippen LogP contribution is -2.03. The summed E-state index contributed by atoms with van der Waals surface area (Å²) in [6.07, 6.45) is -0.416. The van der Waals surface area contributed by atoms with Gasteiger partial charge in [-0.2, -0.15) is 0 Å². The average molecular weight is 353 g/mol. The second-order valence-electron chi connectivity index (χ2n) is 4.75. The molecule has 2 aromatic carbocycles. The van der Waals surface area contributed by atoms with Crippen molar-refractivity contribution < 1.29 is 9.90 Å². The first-order valence-corrected chi connectivity index (χ1v) is 7.27. The third kappa shape index (κ3) is 2.59. The molecule has 1 aliphatic heterocycles. The van der Waals surface area contributed by atoms with E-state index in [0.717, 1.165) is 21.3 Å². The number of aliphatic hydroxyl groups is 1. The van der Waals surface area contributed by atoms with Crippen LogP contribution in [0.1, 0.15) is 22.8 Å². The monoisotopic (exact) mass is 351 g/mol. The number of benzene rings is 2. The smallest absolute Gasteiger partial charge is 0.228 e. The van der Waals surface area contributed by atoms with Gasteiger partial charge in [0.15, 0.2) is 0 Å². The summed E-state index contributed by atoms with van der Waals surface area (Å²) in [6, 6.07) is 10.8. The van der Waals surface area contributed by atoms with E-state index in [-0.39, 0.29) is 5.91 Å². The van der Waals surface area contributed by atoms with Gasteiger partial charge in [-0.3, -0.25) is 4.79 Å². The normalized spacial score (nSPS) is 14.8. The highest BCUT2D eigenvalue weighted by Gasteiger charge is 2.20. The zero-order chi connectivity index (χ0) is 14.3. The first kappa shape index (κ1) is 13.6. The molecule has 20 heavy (non-hydrogen) atoms. The van der Waals surface area contributed by atoms with Crippen LogP contribution in [0, 0.1) is 0 Å². The van der Waals surface area contributed by atoms with E-state index >= 15 is 0 Å². The molecule has 3 rings (SSSR count). The Morgan fingerprint density at radius 3 is 2.75 bits per heavy atom. The second kappa shape index (κ2) is 5.20. The van der Waals surface area contributed by atoms with Crippen molar-refractivity contribution in [1.29, 1.82) is 0 Å². The lowest BCUT2D eigenvalue weighted by Gasteiger charge is -2.13. The van der Waals surface area contributed by atoms with Crippen molar-refractivity contribution in [3.05, 3.63) is 62.6 Å². The Morgan fingerprint density at radius 1 is 1.20 bits per heavy atom. The van der Waals surface area contributed by atoms with Gasteiger partial charge in [0.2, 0.25) is 5.91 Å². The topological polar surface area (TPSA) is 49.3 Å². The number of nitrogens with one attached hydrogen (secondary N) is 1. The van der Waals surface area contributed by atoms with Crippen molar-refractivity contribution in [3.8, 4) is 0 Å². The van der Waals surface area contributed by atoms with Gasteiger partial charge in [-0.05, 0) is 41.0 Å². The lowest BCUT2D eigenvalue weighted by atomic mass is 9.99. The molecular formula is C15H11BrClNO2. The minimum atomic E-state index is -0.772. The van der Waals surface area contributed by atoms with Gasteiger partial charge in [0.05, 0.1) is 6.42 Å². The van der Waals surface area contributed by atoms with E-state index < -0.39 is 6.10 Å². The van der Waals surface area contributed by atoms with E-state index in [0.29, 0.717) is 17.0 Å². The molecular weight excluding hydrogens is 342 g/mol. The van der Waals surface area contributed by atoms with Gasteiger partial charge < -0.3 is 10.4 Å². The van der Waals surface area contributed by atoms with Crippen LogP contribution in [-0.4, -0.2) is 11.0 Å². The Morgan fingerprint density at radius 2 is 2.00 bits per heavy atom. The number of anilines is 1. The molecule has 0 saturated heterocycles. The highest BCUT2D eigenvalue weighted by Crippen LogP contribution is 2.31. The molecule has 1 heterocycles. The van der Waals surface area contributed by atoms with Gasteiger partial charge in [0, 0.05) is 15.2 Å². The maximum absolute atomic E-state index is 11.3. The third-order valence-electron chi connectivity index (χ3n) is 3.27. The van der Waals surface area contributed by atoms with Gasteiger partial charge >= 0.3 is 0 Å². The molecule has 0 radical (unpaired) electrons. The van der Waals surface area contributed by atoms with Gasteiger partial charge in [-0.1, -0.05) is 39.7 Å². The van der Waals surface area contributed by atoms with Gasteiger partial charge in [0.1, 0.15) is 6.10 Å². The summed E-state index contributed by atoms with van der Waals surface area (Å²) in [7, 11) is 0. The fourth-order valence-electron chi connectivity index (χ4n) is 2.34. The van der Waals surface area contributed by atoms with Crippen molar-refractivity contribution in [2.24, 2.45) is 0 Å². The Hall–Kier alpha value is -1.36. The minimum absolute atomic E-state index is 0.0165. The first-order valence-electron chi connectivity index (χ1n) is 6.09. The van der Waals surface area contributed by atoms with E-state index in [9.17, 15) is 9.90 Å². The van der Waals surface area contributed by atoms with Crippen molar-refractivity contribution in [2.75, 3.05) is 5.32 Å². The number of aliphatic hydroxyl groups excluding tert-OH is 1. The third-order valence-corrected chi connectivity index (χ3v) is 3.95. The summed E-state index contributed by atoms with van der Waals surface area (Å²) < 4.78 is 0.817. The fourth-order valence-corrected chi connectivity index (χ4v) is 3.23. The molecule has 0 saturated carbocycles. The predicted molar refractivity (Wildman–Crippen MR) is 82.0 cm³/mol. The van der Waals surface area contributed by atoms with Crippen LogP contribution in [0.2, 0.25) is 5.02 Å². The number of fused-ring (bicyclic) bond motifs is 1. The zero-order valence-electron chi connectivity index (χ0n) is 10.4. The molecule has 2 N–H and O–H groups in total. The molecule has 5 heteroatoms. The Balaban J connectivity index is 1.97. The Bertz CT molecular complexity index is 682. The van der Waals surface area contributed by atoms with Crippen LogP contribution in [0.5, 0.6) is 0 Å². The van der Waals surface area contributed by atoms with E-state index in [1.807, 2.05) is 24.3 Å². The summed E-state index contributed by atoms with van der Waals surface area (Å²) in [6.45, 7) is 0. The number of halogens is 2. The number of hydrogen-bond donors (Lipinski definition) is 2. The molecule has 0 fully saturated rings. The summed E-state index contributed by atoms with van der Waals surface area (Å²) >= 11 is 9.36. The van der Waals surface area contributed by atoms with Gasteiger partial charge in [-0.25, -0.2) is 0 Å². The number of amides is 1. The number of carbonyl (C=O) groups excluding carboxylic acids is 1. The number of carbonyl (C=O) groups is 1. The predicted octanol–water partition coefficient (Wildman–Crippen LogP) is 3.68. The van der Waals surface area contributed by atoms with Crippen molar-refractivity contribution in [3.63, 3.8) is 0 Å². The molecule has 0 aliphatic carbocycles. The number of hydrogen-bond acceptors (Lipinski definition) is 2. The molecule has 3 nitrogen and oxygen atoms in total. The van der Waals surface area contributed by atoms with E-state index in [1.54, 1.807) is 12.1 Å². The van der Waals surface area contributed by atoms with E-state index in [1.165, 1.54) is 0 Å². The van der Waals surface area contributed by atoms with Crippen LogP contribution in [0.3, 0.4) is 0 Å². The summed E-state index contributed by atoms with van der Waals surface area (Å²) in [5.74, 6) is -0.0165. The lowest BCUT2D eigenvalue weighted by molar-refractivity contribution is -0.115. The quantitative estimate of drug-likeness (QED) is 0.866.